The fourth-order valence-corrected chi connectivity index (χ4v) is 4.41. The van der Waals surface area contributed by atoms with Gasteiger partial charge in [0.2, 0.25) is 5.91 Å². The van der Waals surface area contributed by atoms with Crippen molar-refractivity contribution in [1.29, 1.82) is 0 Å². The molecule has 1 aromatic carbocycles. The average molecular weight is 384 g/mol. The summed E-state index contributed by atoms with van der Waals surface area (Å²) < 4.78 is 0. The Balaban J connectivity index is 1.56. The molecule has 4 nitrogen and oxygen atoms in total. The van der Waals surface area contributed by atoms with E-state index in [1.165, 1.54) is 49.5 Å². The largest absolute Gasteiger partial charge is 0.361 e. The van der Waals surface area contributed by atoms with Crippen molar-refractivity contribution in [2.45, 2.75) is 77.2 Å². The summed E-state index contributed by atoms with van der Waals surface area (Å²) in [5, 5.41) is 7.94. The smallest absolute Gasteiger partial charge is 0.237 e. The predicted molar refractivity (Wildman–Crippen MR) is 118 cm³/mol. The fraction of sp³-hybridized carbons (Fsp3) is 0.625. The summed E-state index contributed by atoms with van der Waals surface area (Å²) in [4.78, 5) is 16.3. The number of para-hydroxylation sites is 1. The van der Waals surface area contributed by atoms with E-state index in [1.54, 1.807) is 0 Å². The lowest BCUT2D eigenvalue weighted by molar-refractivity contribution is -0.123. The van der Waals surface area contributed by atoms with Crippen LogP contribution in [0.1, 0.15) is 70.3 Å². The van der Waals surface area contributed by atoms with Crippen molar-refractivity contribution in [3.63, 3.8) is 0 Å². The molecule has 1 amide bonds. The van der Waals surface area contributed by atoms with E-state index in [0.717, 1.165) is 50.2 Å². The molecule has 3 N–H and O–H groups in total. The van der Waals surface area contributed by atoms with Crippen molar-refractivity contribution >= 4 is 16.8 Å². The van der Waals surface area contributed by atoms with Gasteiger partial charge >= 0.3 is 0 Å². The molecule has 4 heteroatoms. The molecule has 0 aliphatic heterocycles. The first-order valence-electron chi connectivity index (χ1n) is 11.3. The molecule has 1 heterocycles. The second-order valence-electron chi connectivity index (χ2n) is 8.36. The summed E-state index contributed by atoms with van der Waals surface area (Å²) in [6, 6.07) is 8.16. The number of aromatic amines is 1. The quantitative estimate of drug-likeness (QED) is 0.402. The number of H-pyrrole nitrogens is 1. The highest BCUT2D eigenvalue weighted by Crippen LogP contribution is 2.25. The topological polar surface area (TPSA) is 56.9 Å². The van der Waals surface area contributed by atoms with Gasteiger partial charge in [-0.25, -0.2) is 0 Å². The zero-order chi connectivity index (χ0) is 19.6. The van der Waals surface area contributed by atoms with Crippen LogP contribution in [0.25, 0.3) is 10.9 Å². The standard InChI is InChI=1S/C24H37N3O/c1-2-3-15-25-23(17-20-18-27-22-13-9-8-12-21(20)22)24(28)26-16-14-19-10-6-4-5-7-11-19/h8-9,12-13,18-19,23,25,27H,2-7,10-11,14-17H2,1H3,(H,26,28)/t23-/m0/s1. The second kappa shape index (κ2) is 11.3. The Morgan fingerprint density at radius 3 is 2.71 bits per heavy atom. The van der Waals surface area contributed by atoms with Gasteiger partial charge in [0, 0.05) is 23.6 Å². The van der Waals surface area contributed by atoms with Gasteiger partial charge in [0.15, 0.2) is 0 Å². The van der Waals surface area contributed by atoms with Gasteiger partial charge in [-0.1, -0.05) is 70.1 Å². The lowest BCUT2D eigenvalue weighted by Gasteiger charge is -2.20. The van der Waals surface area contributed by atoms with Crippen molar-refractivity contribution in [2.75, 3.05) is 13.1 Å². The monoisotopic (exact) mass is 383 g/mol. The molecule has 0 bridgehead atoms. The van der Waals surface area contributed by atoms with Gasteiger partial charge in [-0.05, 0) is 43.4 Å². The van der Waals surface area contributed by atoms with Crippen molar-refractivity contribution in [3.8, 4) is 0 Å². The third-order valence-corrected chi connectivity index (χ3v) is 6.16. The minimum atomic E-state index is -0.167. The normalized spacial score (nSPS) is 16.8. The molecule has 1 aliphatic carbocycles. The maximum absolute atomic E-state index is 12.9. The van der Waals surface area contributed by atoms with Gasteiger partial charge in [-0.2, -0.15) is 0 Å². The maximum atomic E-state index is 12.9. The van der Waals surface area contributed by atoms with Crippen LogP contribution in [0, 0.1) is 5.92 Å². The van der Waals surface area contributed by atoms with Gasteiger partial charge < -0.3 is 15.6 Å². The summed E-state index contributed by atoms with van der Waals surface area (Å²) in [5.41, 5.74) is 2.35. The van der Waals surface area contributed by atoms with Crippen LogP contribution >= 0.6 is 0 Å². The van der Waals surface area contributed by atoms with E-state index in [-0.39, 0.29) is 11.9 Å². The number of aromatic nitrogens is 1. The lowest BCUT2D eigenvalue weighted by Crippen LogP contribution is -2.46. The summed E-state index contributed by atoms with van der Waals surface area (Å²) >= 11 is 0. The summed E-state index contributed by atoms with van der Waals surface area (Å²) in [5.74, 6) is 0.943. The Kier molecular flexibility index (Phi) is 8.41. The van der Waals surface area contributed by atoms with Gasteiger partial charge in [0.1, 0.15) is 0 Å². The van der Waals surface area contributed by atoms with E-state index in [4.69, 9.17) is 0 Å². The first-order chi connectivity index (χ1) is 13.8. The molecule has 0 saturated heterocycles. The lowest BCUT2D eigenvalue weighted by atomic mass is 9.96. The Bertz CT molecular complexity index is 715. The van der Waals surface area contributed by atoms with E-state index in [9.17, 15) is 4.79 Å². The number of carbonyl (C=O) groups excluding carboxylic acids is 1. The van der Waals surface area contributed by atoms with Gasteiger partial charge in [-0.3, -0.25) is 4.79 Å². The highest BCUT2D eigenvalue weighted by atomic mass is 16.2. The summed E-state index contributed by atoms with van der Waals surface area (Å²) in [6.45, 7) is 3.88. The highest BCUT2D eigenvalue weighted by Gasteiger charge is 2.20. The van der Waals surface area contributed by atoms with Crippen molar-refractivity contribution in [3.05, 3.63) is 36.0 Å². The number of amides is 1. The summed E-state index contributed by atoms with van der Waals surface area (Å²) in [7, 11) is 0. The minimum absolute atomic E-state index is 0.148. The Labute approximate surface area is 169 Å². The maximum Gasteiger partial charge on any atom is 0.237 e. The van der Waals surface area contributed by atoms with Crippen LogP contribution in [0.15, 0.2) is 30.5 Å². The van der Waals surface area contributed by atoms with E-state index in [0.29, 0.717) is 0 Å². The number of fused-ring (bicyclic) bond motifs is 1. The van der Waals surface area contributed by atoms with Crippen LogP contribution < -0.4 is 10.6 Å². The van der Waals surface area contributed by atoms with Gasteiger partial charge in [-0.15, -0.1) is 0 Å². The number of hydrogen-bond acceptors (Lipinski definition) is 2. The number of benzene rings is 1. The minimum Gasteiger partial charge on any atom is -0.361 e. The molecule has 1 saturated carbocycles. The Hall–Kier alpha value is -1.81. The molecule has 1 aliphatic rings. The summed E-state index contributed by atoms with van der Waals surface area (Å²) in [6.07, 6.45) is 14.3. The van der Waals surface area contributed by atoms with Gasteiger partial charge in [0.05, 0.1) is 6.04 Å². The van der Waals surface area contributed by atoms with Crippen LogP contribution in [-0.2, 0) is 11.2 Å². The zero-order valence-corrected chi connectivity index (χ0v) is 17.4. The molecule has 28 heavy (non-hydrogen) atoms. The molecule has 1 fully saturated rings. The average Bonchev–Trinajstić information content (AvgIpc) is 2.93. The highest BCUT2D eigenvalue weighted by molar-refractivity contribution is 5.86. The van der Waals surface area contributed by atoms with E-state index in [1.807, 2.05) is 6.07 Å². The first-order valence-corrected chi connectivity index (χ1v) is 11.3. The molecule has 1 atom stereocenters. The van der Waals surface area contributed by atoms with Crippen LogP contribution in [-0.4, -0.2) is 30.0 Å². The molecule has 2 aromatic rings. The van der Waals surface area contributed by atoms with Crippen molar-refractivity contribution in [1.82, 2.24) is 15.6 Å². The number of unbranched alkanes of at least 4 members (excludes halogenated alkanes) is 1. The number of carbonyl (C=O) groups is 1. The van der Waals surface area contributed by atoms with Crippen LogP contribution in [0.3, 0.4) is 0 Å². The SMILES string of the molecule is CCCCN[C@@H](Cc1c[nH]c2ccccc12)C(=O)NCCC1CCCCCC1. The van der Waals surface area contributed by atoms with E-state index < -0.39 is 0 Å². The van der Waals surface area contributed by atoms with E-state index >= 15 is 0 Å². The number of hydrogen-bond donors (Lipinski definition) is 3. The van der Waals surface area contributed by atoms with Crippen LogP contribution in [0.4, 0.5) is 0 Å². The molecule has 0 unspecified atom stereocenters. The first kappa shape index (κ1) is 20.9. The third-order valence-electron chi connectivity index (χ3n) is 6.16. The Morgan fingerprint density at radius 1 is 1.14 bits per heavy atom. The van der Waals surface area contributed by atoms with Crippen LogP contribution in [0.5, 0.6) is 0 Å². The number of rotatable bonds is 10. The zero-order valence-electron chi connectivity index (χ0n) is 17.4. The molecule has 3 rings (SSSR count). The van der Waals surface area contributed by atoms with Gasteiger partial charge in [0.25, 0.3) is 0 Å². The Morgan fingerprint density at radius 2 is 1.93 bits per heavy atom. The van der Waals surface area contributed by atoms with Crippen molar-refractivity contribution in [2.24, 2.45) is 5.92 Å². The molecule has 1 aromatic heterocycles. The number of nitrogens with one attached hydrogen (secondary N) is 3. The van der Waals surface area contributed by atoms with Crippen LogP contribution in [0.2, 0.25) is 0 Å². The molecular weight excluding hydrogens is 346 g/mol. The molecule has 154 valence electrons. The second-order valence-corrected chi connectivity index (χ2v) is 8.36. The molecule has 0 spiro atoms. The fourth-order valence-electron chi connectivity index (χ4n) is 4.41. The molecular formula is C24H37N3O. The third kappa shape index (κ3) is 6.10. The van der Waals surface area contributed by atoms with Crippen molar-refractivity contribution < 1.29 is 4.79 Å². The molecule has 0 radical (unpaired) electrons. The predicted octanol–water partition coefficient (Wildman–Crippen LogP) is 4.95. The van der Waals surface area contributed by atoms with E-state index in [2.05, 4.69) is 46.9 Å².